The van der Waals surface area contributed by atoms with E-state index in [9.17, 15) is 4.79 Å². The molecule has 0 aliphatic rings. The van der Waals surface area contributed by atoms with Crippen molar-refractivity contribution < 1.29 is 9.53 Å². The molecule has 0 bridgehead atoms. The second kappa shape index (κ2) is 9.15. The predicted octanol–water partition coefficient (Wildman–Crippen LogP) is 0.258. The lowest BCUT2D eigenvalue weighted by molar-refractivity contribution is 0.182. The van der Waals surface area contributed by atoms with Crippen molar-refractivity contribution in [3.05, 3.63) is 0 Å². The van der Waals surface area contributed by atoms with Crippen molar-refractivity contribution >= 4 is 18.7 Å². The molecule has 0 atom stereocenters. The topological polar surface area (TPSA) is 52.3 Å². The van der Waals surface area contributed by atoms with E-state index in [2.05, 4.69) is 23.1 Å². The van der Waals surface area contributed by atoms with E-state index in [4.69, 9.17) is 0 Å². The molecular formula is C3H9NO2S. The van der Waals surface area contributed by atoms with E-state index in [0.29, 0.717) is 0 Å². The van der Waals surface area contributed by atoms with E-state index in [1.807, 2.05) is 0 Å². The Morgan fingerprint density at radius 3 is 1.86 bits per heavy atom. The van der Waals surface area contributed by atoms with E-state index in [-0.39, 0.29) is 0 Å². The number of methoxy groups -OCH3 is 1. The Morgan fingerprint density at radius 1 is 1.71 bits per heavy atom. The highest BCUT2D eigenvalue weighted by Gasteiger charge is 1.76. The minimum absolute atomic E-state index is 0.745. The van der Waals surface area contributed by atoms with Crippen LogP contribution in [-0.2, 0) is 4.74 Å². The second-order valence-corrected chi connectivity index (χ2v) is 0.523. The SMILES string of the molecule is COC(N)=O.CS. The Hall–Kier alpha value is -0.380. The molecule has 0 aliphatic heterocycles. The summed E-state index contributed by atoms with van der Waals surface area (Å²) in [7, 11) is 1.22. The molecule has 0 heterocycles. The molecule has 2 N–H and O–H groups in total. The molecular weight excluding hydrogens is 114 g/mol. The third-order valence-corrected chi connectivity index (χ3v) is 0.201. The second-order valence-electron chi connectivity index (χ2n) is 0.523. The van der Waals surface area contributed by atoms with Crippen molar-refractivity contribution in [2.45, 2.75) is 0 Å². The van der Waals surface area contributed by atoms with Crippen LogP contribution in [0.2, 0.25) is 0 Å². The van der Waals surface area contributed by atoms with Gasteiger partial charge < -0.3 is 10.5 Å². The Bertz CT molecular complexity index is 48.2. The molecule has 3 nitrogen and oxygen atoms in total. The first-order valence-electron chi connectivity index (χ1n) is 1.55. The number of rotatable bonds is 0. The van der Waals surface area contributed by atoms with Gasteiger partial charge in [0.2, 0.25) is 0 Å². The first-order chi connectivity index (χ1) is 3.27. The van der Waals surface area contributed by atoms with E-state index in [0.717, 1.165) is 0 Å². The van der Waals surface area contributed by atoms with Crippen molar-refractivity contribution in [1.29, 1.82) is 0 Å². The number of hydrogen-bond donors (Lipinski definition) is 2. The van der Waals surface area contributed by atoms with Gasteiger partial charge in [0, 0.05) is 0 Å². The van der Waals surface area contributed by atoms with Gasteiger partial charge in [-0.3, -0.25) is 0 Å². The summed E-state index contributed by atoms with van der Waals surface area (Å²) < 4.78 is 3.89. The summed E-state index contributed by atoms with van der Waals surface area (Å²) in [6, 6.07) is 0. The van der Waals surface area contributed by atoms with E-state index >= 15 is 0 Å². The molecule has 0 spiro atoms. The summed E-state index contributed by atoms with van der Waals surface area (Å²) in [5, 5.41) is 0. The fourth-order valence-corrected chi connectivity index (χ4v) is 0. The lowest BCUT2D eigenvalue weighted by atomic mass is 11.3. The molecule has 44 valence electrons. The van der Waals surface area contributed by atoms with Gasteiger partial charge in [-0.1, -0.05) is 0 Å². The molecule has 7 heavy (non-hydrogen) atoms. The van der Waals surface area contributed by atoms with E-state index in [1.165, 1.54) is 7.11 Å². The Labute approximate surface area is 48.2 Å². The Balaban J connectivity index is 0. The number of carbonyl (C=O) groups excluding carboxylic acids is 1. The van der Waals surface area contributed by atoms with Crippen LogP contribution in [-0.4, -0.2) is 19.5 Å². The molecule has 0 saturated carbocycles. The molecule has 1 amide bonds. The number of carbonyl (C=O) groups is 1. The molecule has 0 unspecified atom stereocenters. The number of thiol groups is 1. The average molecular weight is 123 g/mol. The van der Waals surface area contributed by atoms with Crippen molar-refractivity contribution in [3.63, 3.8) is 0 Å². The van der Waals surface area contributed by atoms with Gasteiger partial charge in [-0.2, -0.15) is 12.6 Å². The zero-order valence-corrected chi connectivity index (χ0v) is 5.24. The van der Waals surface area contributed by atoms with Gasteiger partial charge in [-0.15, -0.1) is 0 Å². The standard InChI is InChI=1S/C2H5NO2.CH4S/c1-5-2(3)4;1-2/h1H3,(H2,3,4);2H,1H3. The van der Waals surface area contributed by atoms with Crippen LogP contribution in [0.5, 0.6) is 0 Å². The highest BCUT2D eigenvalue weighted by Crippen LogP contribution is 1.55. The fraction of sp³-hybridized carbons (Fsp3) is 0.667. The Kier molecular flexibility index (Phi) is 12.8. The molecule has 0 saturated heterocycles. The van der Waals surface area contributed by atoms with Crippen molar-refractivity contribution in [1.82, 2.24) is 0 Å². The van der Waals surface area contributed by atoms with Gasteiger partial charge in [0.05, 0.1) is 7.11 Å². The number of ether oxygens (including phenoxy) is 1. The third kappa shape index (κ3) is 28.1. The van der Waals surface area contributed by atoms with Crippen LogP contribution in [0.25, 0.3) is 0 Å². The average Bonchev–Trinajstić information content (AvgIpc) is 1.73. The van der Waals surface area contributed by atoms with Crippen LogP contribution in [0.1, 0.15) is 0 Å². The molecule has 0 rings (SSSR count). The molecule has 0 aromatic heterocycles. The number of hydrogen-bond acceptors (Lipinski definition) is 3. The highest BCUT2D eigenvalue weighted by atomic mass is 32.1. The summed E-state index contributed by atoms with van der Waals surface area (Å²) in [6.07, 6.45) is 0.949. The Morgan fingerprint density at radius 2 is 1.86 bits per heavy atom. The molecule has 0 radical (unpaired) electrons. The van der Waals surface area contributed by atoms with E-state index in [1.54, 1.807) is 6.26 Å². The zero-order valence-electron chi connectivity index (χ0n) is 4.34. The molecule has 0 aromatic carbocycles. The first-order valence-corrected chi connectivity index (χ1v) is 2.45. The highest BCUT2D eigenvalue weighted by molar-refractivity contribution is 7.79. The maximum Gasteiger partial charge on any atom is 0.404 e. The molecule has 4 heteroatoms. The van der Waals surface area contributed by atoms with Crippen LogP contribution in [0, 0.1) is 0 Å². The van der Waals surface area contributed by atoms with Crippen LogP contribution in [0.3, 0.4) is 0 Å². The smallest absolute Gasteiger partial charge is 0.404 e. The summed E-state index contributed by atoms with van der Waals surface area (Å²) in [5.41, 5.74) is 4.43. The summed E-state index contributed by atoms with van der Waals surface area (Å²) >= 11 is 3.53. The van der Waals surface area contributed by atoms with E-state index < -0.39 is 6.09 Å². The summed E-state index contributed by atoms with van der Waals surface area (Å²) in [6.45, 7) is 0. The zero-order chi connectivity index (χ0) is 6.28. The maximum absolute atomic E-state index is 9.37. The van der Waals surface area contributed by atoms with Gasteiger partial charge >= 0.3 is 6.09 Å². The van der Waals surface area contributed by atoms with Gasteiger partial charge in [-0.05, 0) is 6.26 Å². The minimum Gasteiger partial charge on any atom is -0.453 e. The third-order valence-electron chi connectivity index (χ3n) is 0.201. The van der Waals surface area contributed by atoms with Gasteiger partial charge in [-0.25, -0.2) is 4.79 Å². The first kappa shape index (κ1) is 9.80. The van der Waals surface area contributed by atoms with Gasteiger partial charge in [0.25, 0.3) is 0 Å². The molecule has 0 fully saturated rings. The van der Waals surface area contributed by atoms with Crippen LogP contribution >= 0.6 is 12.6 Å². The summed E-state index contributed by atoms with van der Waals surface area (Å²) in [5.74, 6) is 0. The van der Waals surface area contributed by atoms with Crippen molar-refractivity contribution in [3.8, 4) is 0 Å². The largest absolute Gasteiger partial charge is 0.453 e. The molecule has 0 aromatic rings. The quantitative estimate of drug-likeness (QED) is 0.454. The normalized spacial score (nSPS) is 5.57. The lowest BCUT2D eigenvalue weighted by Gasteiger charge is -1.81. The number of primary amides is 1. The van der Waals surface area contributed by atoms with Crippen LogP contribution in [0.4, 0.5) is 4.79 Å². The van der Waals surface area contributed by atoms with Crippen molar-refractivity contribution in [2.75, 3.05) is 13.4 Å². The number of amides is 1. The van der Waals surface area contributed by atoms with Crippen LogP contribution in [0.15, 0.2) is 0 Å². The molecule has 0 aliphatic carbocycles. The maximum atomic E-state index is 9.37. The lowest BCUT2D eigenvalue weighted by Crippen LogP contribution is -2.08. The monoisotopic (exact) mass is 123 g/mol. The van der Waals surface area contributed by atoms with Gasteiger partial charge in [0.1, 0.15) is 0 Å². The fourth-order valence-electron chi connectivity index (χ4n) is 0. The van der Waals surface area contributed by atoms with Gasteiger partial charge in [0.15, 0.2) is 0 Å². The van der Waals surface area contributed by atoms with Crippen molar-refractivity contribution in [2.24, 2.45) is 5.73 Å². The summed E-state index contributed by atoms with van der Waals surface area (Å²) in [4.78, 5) is 9.37. The predicted molar refractivity (Wildman–Crippen MR) is 31.5 cm³/mol. The number of nitrogens with two attached hydrogens (primary N) is 1. The minimum atomic E-state index is -0.745. The van der Waals surface area contributed by atoms with Crippen LogP contribution < -0.4 is 5.73 Å².